The van der Waals surface area contributed by atoms with Gasteiger partial charge in [0.15, 0.2) is 0 Å². The SMILES string of the molecule is CCn1nc(C)c(Cl)c1COCc1ccc(N)cc1. The highest BCUT2D eigenvalue weighted by Crippen LogP contribution is 2.21. The van der Waals surface area contributed by atoms with Crippen LogP contribution in [0.3, 0.4) is 0 Å². The minimum atomic E-state index is 0.456. The Kier molecular flexibility index (Phi) is 4.45. The first-order valence-corrected chi connectivity index (χ1v) is 6.63. The van der Waals surface area contributed by atoms with E-state index in [4.69, 9.17) is 22.1 Å². The van der Waals surface area contributed by atoms with E-state index in [0.29, 0.717) is 18.2 Å². The Morgan fingerprint density at radius 3 is 2.58 bits per heavy atom. The van der Waals surface area contributed by atoms with Crippen LogP contribution >= 0.6 is 11.6 Å². The van der Waals surface area contributed by atoms with Gasteiger partial charge in [-0.3, -0.25) is 4.68 Å². The van der Waals surface area contributed by atoms with Gasteiger partial charge in [-0.15, -0.1) is 0 Å². The summed E-state index contributed by atoms with van der Waals surface area (Å²) in [4.78, 5) is 0. The molecule has 0 bridgehead atoms. The van der Waals surface area contributed by atoms with Crippen molar-refractivity contribution < 1.29 is 4.74 Å². The summed E-state index contributed by atoms with van der Waals surface area (Å²) >= 11 is 6.22. The maximum atomic E-state index is 6.22. The molecule has 0 spiro atoms. The van der Waals surface area contributed by atoms with Gasteiger partial charge in [-0.2, -0.15) is 5.10 Å². The van der Waals surface area contributed by atoms with E-state index in [1.807, 2.05) is 42.8 Å². The van der Waals surface area contributed by atoms with Crippen molar-refractivity contribution in [3.05, 3.63) is 46.2 Å². The number of rotatable bonds is 5. The van der Waals surface area contributed by atoms with Crippen molar-refractivity contribution in [1.29, 1.82) is 0 Å². The first-order valence-electron chi connectivity index (χ1n) is 6.25. The highest BCUT2D eigenvalue weighted by atomic mass is 35.5. The lowest BCUT2D eigenvalue weighted by Crippen LogP contribution is -2.05. The molecule has 0 unspecified atom stereocenters. The number of hydrogen-bond donors (Lipinski definition) is 1. The van der Waals surface area contributed by atoms with Crippen molar-refractivity contribution in [1.82, 2.24) is 9.78 Å². The van der Waals surface area contributed by atoms with Crippen molar-refractivity contribution in [2.24, 2.45) is 0 Å². The van der Waals surface area contributed by atoms with Crippen LogP contribution in [-0.4, -0.2) is 9.78 Å². The molecule has 2 aromatic rings. The van der Waals surface area contributed by atoms with Crippen LogP contribution in [0.1, 0.15) is 23.9 Å². The second-order valence-electron chi connectivity index (χ2n) is 4.40. The molecule has 0 aliphatic carbocycles. The number of ether oxygens (including phenoxy) is 1. The lowest BCUT2D eigenvalue weighted by Gasteiger charge is -2.07. The monoisotopic (exact) mass is 279 g/mol. The summed E-state index contributed by atoms with van der Waals surface area (Å²) in [6.07, 6.45) is 0. The zero-order valence-electron chi connectivity index (χ0n) is 11.2. The normalized spacial score (nSPS) is 10.9. The summed E-state index contributed by atoms with van der Waals surface area (Å²) in [6.45, 7) is 5.71. The summed E-state index contributed by atoms with van der Waals surface area (Å²) in [6, 6.07) is 7.65. The molecule has 0 aliphatic heterocycles. The number of nitrogen functional groups attached to an aromatic ring is 1. The van der Waals surface area contributed by atoms with Gasteiger partial charge in [0.05, 0.1) is 29.6 Å². The molecule has 1 aromatic carbocycles. The largest absolute Gasteiger partial charge is 0.399 e. The maximum Gasteiger partial charge on any atom is 0.0904 e. The van der Waals surface area contributed by atoms with Gasteiger partial charge in [-0.05, 0) is 31.5 Å². The van der Waals surface area contributed by atoms with Crippen molar-refractivity contribution in [2.45, 2.75) is 33.6 Å². The zero-order chi connectivity index (χ0) is 13.8. The van der Waals surface area contributed by atoms with E-state index < -0.39 is 0 Å². The summed E-state index contributed by atoms with van der Waals surface area (Å²) < 4.78 is 7.57. The molecular formula is C14H18ClN3O. The van der Waals surface area contributed by atoms with Gasteiger partial charge in [0.2, 0.25) is 0 Å². The number of halogens is 1. The third kappa shape index (κ3) is 3.28. The van der Waals surface area contributed by atoms with Crippen LogP contribution < -0.4 is 5.73 Å². The highest BCUT2D eigenvalue weighted by molar-refractivity contribution is 6.31. The lowest BCUT2D eigenvalue weighted by molar-refractivity contribution is 0.101. The minimum Gasteiger partial charge on any atom is -0.399 e. The molecule has 2 N–H and O–H groups in total. The van der Waals surface area contributed by atoms with Crippen molar-refractivity contribution in [2.75, 3.05) is 5.73 Å². The molecule has 0 fully saturated rings. The molecule has 1 heterocycles. The molecular weight excluding hydrogens is 262 g/mol. The van der Waals surface area contributed by atoms with Crippen LogP contribution in [0.15, 0.2) is 24.3 Å². The molecule has 19 heavy (non-hydrogen) atoms. The minimum absolute atomic E-state index is 0.456. The molecule has 0 saturated carbocycles. The van der Waals surface area contributed by atoms with Gasteiger partial charge in [-0.25, -0.2) is 0 Å². The third-order valence-corrected chi connectivity index (χ3v) is 3.43. The van der Waals surface area contributed by atoms with E-state index in [1.165, 1.54) is 0 Å². The van der Waals surface area contributed by atoms with E-state index in [1.54, 1.807) is 0 Å². The summed E-state index contributed by atoms with van der Waals surface area (Å²) in [5, 5.41) is 5.05. The predicted octanol–water partition coefficient (Wildman–Crippen LogP) is 3.16. The Bertz CT molecular complexity index is 549. The Hall–Kier alpha value is -1.52. The average Bonchev–Trinajstić information content (AvgIpc) is 2.68. The van der Waals surface area contributed by atoms with Gasteiger partial charge in [-0.1, -0.05) is 23.7 Å². The fourth-order valence-corrected chi connectivity index (χ4v) is 2.08. The first-order chi connectivity index (χ1) is 9.11. The van der Waals surface area contributed by atoms with E-state index in [9.17, 15) is 0 Å². The second kappa shape index (κ2) is 6.08. The maximum absolute atomic E-state index is 6.22. The molecule has 102 valence electrons. The van der Waals surface area contributed by atoms with Crippen molar-refractivity contribution in [3.8, 4) is 0 Å². The smallest absolute Gasteiger partial charge is 0.0904 e. The second-order valence-corrected chi connectivity index (χ2v) is 4.77. The molecule has 4 nitrogen and oxygen atoms in total. The Labute approximate surface area is 118 Å². The number of nitrogens with zero attached hydrogens (tertiary/aromatic N) is 2. The van der Waals surface area contributed by atoms with Gasteiger partial charge in [0.25, 0.3) is 0 Å². The quantitative estimate of drug-likeness (QED) is 0.856. The lowest BCUT2D eigenvalue weighted by atomic mass is 10.2. The molecule has 0 saturated heterocycles. The number of hydrogen-bond acceptors (Lipinski definition) is 3. The number of benzene rings is 1. The van der Waals surface area contributed by atoms with E-state index in [2.05, 4.69) is 5.10 Å². The van der Waals surface area contributed by atoms with Gasteiger partial charge < -0.3 is 10.5 Å². The van der Waals surface area contributed by atoms with Crippen LogP contribution in [0.2, 0.25) is 5.02 Å². The Balaban J connectivity index is 1.97. The third-order valence-electron chi connectivity index (χ3n) is 2.94. The van der Waals surface area contributed by atoms with E-state index in [0.717, 1.165) is 29.2 Å². The molecule has 0 radical (unpaired) electrons. The molecule has 1 aromatic heterocycles. The topological polar surface area (TPSA) is 53.1 Å². The van der Waals surface area contributed by atoms with Crippen molar-refractivity contribution in [3.63, 3.8) is 0 Å². The zero-order valence-corrected chi connectivity index (χ0v) is 11.9. The summed E-state index contributed by atoms with van der Waals surface area (Å²) in [7, 11) is 0. The summed E-state index contributed by atoms with van der Waals surface area (Å²) in [5.41, 5.74) is 9.25. The standard InChI is InChI=1S/C14H18ClN3O/c1-3-18-13(14(15)10(2)17-18)9-19-8-11-4-6-12(16)7-5-11/h4-7H,3,8-9,16H2,1-2H3. The van der Waals surface area contributed by atoms with Crippen LogP contribution in [0.5, 0.6) is 0 Å². The van der Waals surface area contributed by atoms with E-state index >= 15 is 0 Å². The summed E-state index contributed by atoms with van der Waals surface area (Å²) in [5.74, 6) is 0. The fourth-order valence-electron chi connectivity index (χ4n) is 1.89. The molecule has 5 heteroatoms. The fraction of sp³-hybridized carbons (Fsp3) is 0.357. The Morgan fingerprint density at radius 2 is 1.95 bits per heavy atom. The van der Waals surface area contributed by atoms with Crippen molar-refractivity contribution >= 4 is 17.3 Å². The highest BCUT2D eigenvalue weighted by Gasteiger charge is 2.12. The van der Waals surface area contributed by atoms with Crippen LogP contribution in [-0.2, 0) is 24.5 Å². The molecule has 0 atom stereocenters. The van der Waals surface area contributed by atoms with Gasteiger partial charge in [0.1, 0.15) is 0 Å². The van der Waals surface area contributed by atoms with Crippen LogP contribution in [0.4, 0.5) is 5.69 Å². The molecule has 0 amide bonds. The van der Waals surface area contributed by atoms with Crippen LogP contribution in [0.25, 0.3) is 0 Å². The number of aryl methyl sites for hydroxylation is 2. The number of anilines is 1. The van der Waals surface area contributed by atoms with Crippen LogP contribution in [0, 0.1) is 6.92 Å². The number of nitrogens with two attached hydrogens (primary N) is 1. The first kappa shape index (κ1) is 13.9. The molecule has 0 aliphatic rings. The predicted molar refractivity (Wildman–Crippen MR) is 77.0 cm³/mol. The van der Waals surface area contributed by atoms with Gasteiger partial charge in [0, 0.05) is 12.2 Å². The molecule has 2 rings (SSSR count). The number of aromatic nitrogens is 2. The van der Waals surface area contributed by atoms with E-state index in [-0.39, 0.29) is 0 Å². The average molecular weight is 280 g/mol. The van der Waals surface area contributed by atoms with Gasteiger partial charge >= 0.3 is 0 Å². The Morgan fingerprint density at radius 1 is 1.26 bits per heavy atom.